The van der Waals surface area contributed by atoms with Crippen LogP contribution in [0.2, 0.25) is 0 Å². The monoisotopic (exact) mass is 596 g/mol. The zero-order valence-electron chi connectivity index (χ0n) is 25.1. The Morgan fingerprint density at radius 1 is 1.07 bits per heavy atom. The molecule has 2 aliphatic heterocycles. The summed E-state index contributed by atoms with van der Waals surface area (Å²) in [4.78, 5) is 45.7. The van der Waals surface area contributed by atoms with Gasteiger partial charge in [0.05, 0.1) is 30.7 Å². The summed E-state index contributed by atoms with van der Waals surface area (Å²) < 4.78 is 11.7. The van der Waals surface area contributed by atoms with Crippen molar-refractivity contribution >= 4 is 23.2 Å². The first-order chi connectivity index (χ1) is 20.3. The van der Waals surface area contributed by atoms with E-state index >= 15 is 0 Å². The van der Waals surface area contributed by atoms with Crippen LogP contribution in [-0.2, 0) is 32.0 Å². The number of nitrogens with two attached hydrogens (primary N) is 1. The molecule has 1 aromatic carbocycles. The van der Waals surface area contributed by atoms with E-state index in [0.717, 1.165) is 5.69 Å². The van der Waals surface area contributed by atoms with Crippen LogP contribution < -0.4 is 10.6 Å². The van der Waals surface area contributed by atoms with Gasteiger partial charge in [-0.1, -0.05) is 0 Å². The van der Waals surface area contributed by atoms with Gasteiger partial charge in [-0.2, -0.15) is 0 Å². The van der Waals surface area contributed by atoms with Crippen molar-refractivity contribution in [3.63, 3.8) is 0 Å². The molecule has 2 fully saturated rings. The lowest BCUT2D eigenvalue weighted by molar-refractivity contribution is -0.185. The summed E-state index contributed by atoms with van der Waals surface area (Å²) in [5.74, 6) is -6.11. The SMILES string of the molecule is CN(C)c1cc(CN2CCC3(CC2)OCCO3)c(O)c2c1CC1CC3C(C(=O)C(C(N)=O)=C(O)[C@H]3N(C)C)C(O)=C1C2=O. The van der Waals surface area contributed by atoms with Gasteiger partial charge in [-0.3, -0.25) is 24.2 Å². The number of likely N-dealkylation sites (N-methyl/N-ethyl adjacent to an activating group) is 1. The van der Waals surface area contributed by atoms with E-state index < -0.39 is 64.1 Å². The molecule has 1 amide bonds. The number of piperidine rings is 1. The van der Waals surface area contributed by atoms with Crippen LogP contribution in [0.1, 0.15) is 40.7 Å². The molecule has 0 aromatic heterocycles. The zero-order valence-corrected chi connectivity index (χ0v) is 25.1. The van der Waals surface area contributed by atoms with E-state index in [1.807, 2.05) is 25.1 Å². The third kappa shape index (κ3) is 4.62. The number of phenols is 1. The summed E-state index contributed by atoms with van der Waals surface area (Å²) in [7, 11) is 7.19. The molecule has 232 valence electrons. The fraction of sp³-hybridized carbons (Fsp3) is 0.581. The number of hydrogen-bond donors (Lipinski definition) is 4. The number of anilines is 1. The number of ether oxygens (including phenoxy) is 2. The van der Waals surface area contributed by atoms with Gasteiger partial charge in [0.1, 0.15) is 22.8 Å². The van der Waals surface area contributed by atoms with E-state index in [-0.39, 0.29) is 16.9 Å². The van der Waals surface area contributed by atoms with Crippen molar-refractivity contribution in [3.8, 4) is 5.75 Å². The standard InChI is InChI=1S/C31H40N4O8/c1-33(2)19-13-16(14-35-7-5-31(6-8-35)42-9-10-43-31)25(36)21-17(19)11-15-12-18-22(27(38)20(15)26(21)37)28(39)23(30(32)41)29(40)24(18)34(3)4/h13,15,18,22,24,36,38,40H,5-12,14H2,1-4H3,(H2,32,41)/t15?,18?,22?,24-/m0/s1. The van der Waals surface area contributed by atoms with E-state index in [1.54, 1.807) is 19.0 Å². The molecule has 43 heavy (non-hydrogen) atoms. The highest BCUT2D eigenvalue weighted by Crippen LogP contribution is 2.52. The second-order valence-electron chi connectivity index (χ2n) is 12.8. The minimum absolute atomic E-state index is 0.0809. The normalized spacial score (nSPS) is 28.8. The van der Waals surface area contributed by atoms with E-state index in [9.17, 15) is 29.7 Å². The summed E-state index contributed by atoms with van der Waals surface area (Å²) in [5, 5.41) is 34.1. The largest absolute Gasteiger partial charge is 0.511 e. The molecule has 0 saturated carbocycles. The average Bonchev–Trinajstić information content (AvgIpc) is 3.38. The topological polar surface area (TPSA) is 166 Å². The van der Waals surface area contributed by atoms with Gasteiger partial charge in [-0.05, 0) is 50.4 Å². The highest BCUT2D eigenvalue weighted by atomic mass is 16.7. The van der Waals surface area contributed by atoms with Gasteiger partial charge < -0.3 is 35.4 Å². The highest BCUT2D eigenvalue weighted by Gasteiger charge is 2.54. The number of phenolic OH excluding ortho intramolecular Hbond substituents is 1. The van der Waals surface area contributed by atoms with Crippen molar-refractivity contribution in [3.05, 3.63) is 45.4 Å². The molecule has 0 radical (unpaired) electrons. The van der Waals surface area contributed by atoms with Crippen LogP contribution >= 0.6 is 0 Å². The number of carbonyl (C=O) groups is 3. The lowest BCUT2D eigenvalue weighted by Gasteiger charge is -2.46. The summed E-state index contributed by atoms with van der Waals surface area (Å²) in [6, 6.07) is 1.17. The molecule has 5 aliphatic rings. The van der Waals surface area contributed by atoms with Gasteiger partial charge in [0.2, 0.25) is 0 Å². The highest BCUT2D eigenvalue weighted by molar-refractivity contribution is 6.22. The van der Waals surface area contributed by atoms with Crippen LogP contribution in [0.5, 0.6) is 5.75 Å². The Bertz CT molecular complexity index is 1450. The van der Waals surface area contributed by atoms with Crippen LogP contribution in [0.25, 0.3) is 0 Å². The summed E-state index contributed by atoms with van der Waals surface area (Å²) in [6.45, 7) is 3.01. The predicted molar refractivity (Wildman–Crippen MR) is 156 cm³/mol. The Hall–Kier alpha value is -3.45. The number of allylic oxidation sites excluding steroid dienone is 2. The number of primary amides is 1. The fourth-order valence-corrected chi connectivity index (χ4v) is 7.97. The van der Waals surface area contributed by atoms with Gasteiger partial charge in [0.15, 0.2) is 17.4 Å². The number of amides is 1. The second kappa shape index (κ2) is 10.6. The van der Waals surface area contributed by atoms with Crippen molar-refractivity contribution in [1.29, 1.82) is 0 Å². The third-order valence-corrected chi connectivity index (χ3v) is 9.93. The number of aliphatic hydroxyl groups excluding tert-OH is 2. The molecule has 12 heteroatoms. The molecule has 5 N–H and O–H groups in total. The molecule has 1 aromatic rings. The first-order valence-corrected chi connectivity index (χ1v) is 14.8. The summed E-state index contributed by atoms with van der Waals surface area (Å²) in [5.41, 5.74) is 7.22. The number of hydrogen-bond acceptors (Lipinski definition) is 11. The number of benzene rings is 1. The van der Waals surface area contributed by atoms with E-state index in [2.05, 4.69) is 4.90 Å². The van der Waals surface area contributed by atoms with Crippen LogP contribution in [0.3, 0.4) is 0 Å². The van der Waals surface area contributed by atoms with Gasteiger partial charge in [-0.15, -0.1) is 0 Å². The predicted octanol–water partition coefficient (Wildman–Crippen LogP) is 1.41. The lowest BCUT2D eigenvalue weighted by Crippen LogP contribution is -2.53. The Kier molecular flexibility index (Phi) is 7.31. The summed E-state index contributed by atoms with van der Waals surface area (Å²) in [6.07, 6.45) is 2.09. The number of nitrogens with zero attached hydrogens (tertiary/aromatic N) is 3. The number of fused-ring (bicyclic) bond motifs is 3. The molecule has 4 atom stereocenters. The third-order valence-electron chi connectivity index (χ3n) is 9.93. The Morgan fingerprint density at radius 2 is 1.72 bits per heavy atom. The number of carbonyl (C=O) groups excluding carboxylic acids is 3. The van der Waals surface area contributed by atoms with Gasteiger partial charge in [0, 0.05) is 63.4 Å². The molecule has 3 aliphatic carbocycles. The molecule has 6 rings (SSSR count). The van der Waals surface area contributed by atoms with Gasteiger partial charge in [0.25, 0.3) is 5.91 Å². The Balaban J connectivity index is 1.39. The van der Waals surface area contributed by atoms with Crippen LogP contribution in [-0.4, -0.2) is 109 Å². The number of ketones is 2. The molecule has 12 nitrogen and oxygen atoms in total. The van der Waals surface area contributed by atoms with Crippen LogP contribution in [0.15, 0.2) is 28.7 Å². The fourth-order valence-electron chi connectivity index (χ4n) is 7.97. The molecule has 2 saturated heterocycles. The van der Waals surface area contributed by atoms with Crippen molar-refractivity contribution in [2.45, 2.75) is 44.1 Å². The minimum atomic E-state index is -1.21. The Morgan fingerprint density at radius 3 is 2.30 bits per heavy atom. The maximum Gasteiger partial charge on any atom is 0.255 e. The number of Topliss-reactive ketones (excluding diaryl/α,β-unsaturated/α-hetero) is 2. The molecule has 0 bridgehead atoms. The second-order valence-corrected chi connectivity index (χ2v) is 12.8. The number of rotatable bonds is 5. The number of aromatic hydroxyl groups is 1. The quantitative estimate of drug-likeness (QED) is 0.363. The van der Waals surface area contributed by atoms with Crippen LogP contribution in [0.4, 0.5) is 5.69 Å². The van der Waals surface area contributed by atoms with E-state index in [4.69, 9.17) is 15.2 Å². The molecular formula is C31H40N4O8. The van der Waals surface area contributed by atoms with E-state index in [1.165, 1.54) is 0 Å². The molecular weight excluding hydrogens is 556 g/mol. The smallest absolute Gasteiger partial charge is 0.255 e. The first kappa shape index (κ1) is 29.6. The van der Waals surface area contributed by atoms with Crippen molar-refractivity contribution in [2.75, 3.05) is 59.4 Å². The van der Waals surface area contributed by atoms with Crippen molar-refractivity contribution in [2.24, 2.45) is 23.5 Å². The minimum Gasteiger partial charge on any atom is -0.511 e. The Labute approximate surface area is 250 Å². The first-order valence-electron chi connectivity index (χ1n) is 14.8. The number of likely N-dealkylation sites (tertiary alicyclic amines) is 1. The van der Waals surface area contributed by atoms with Gasteiger partial charge in [-0.25, -0.2) is 0 Å². The van der Waals surface area contributed by atoms with Crippen molar-refractivity contribution in [1.82, 2.24) is 9.80 Å². The molecule has 1 spiro atoms. The van der Waals surface area contributed by atoms with Gasteiger partial charge >= 0.3 is 0 Å². The molecule has 2 heterocycles. The maximum atomic E-state index is 14.2. The summed E-state index contributed by atoms with van der Waals surface area (Å²) >= 11 is 0. The lowest BCUT2D eigenvalue weighted by atomic mass is 9.60. The van der Waals surface area contributed by atoms with E-state index in [0.29, 0.717) is 69.7 Å². The van der Waals surface area contributed by atoms with Crippen molar-refractivity contribution < 1.29 is 39.2 Å². The average molecular weight is 597 g/mol. The van der Waals surface area contributed by atoms with Crippen LogP contribution in [0, 0.1) is 17.8 Å². The zero-order chi connectivity index (χ0) is 31.0. The number of aliphatic hydroxyl groups is 2. The maximum absolute atomic E-state index is 14.2. The molecule has 3 unspecified atom stereocenters.